The molecule has 0 atom stereocenters. The van der Waals surface area contributed by atoms with Crippen LogP contribution in [0.25, 0.3) is 0 Å². The summed E-state index contributed by atoms with van der Waals surface area (Å²) in [6, 6.07) is 12.2. The molecule has 1 aromatic carbocycles. The third-order valence-corrected chi connectivity index (χ3v) is 5.40. The molecule has 0 saturated carbocycles. The number of pyridine rings is 1. The molecule has 0 unspecified atom stereocenters. The molecule has 1 aromatic heterocycles. The standard InChI is InChI=1S/C16H26N4O3.C8H9N/c17-15-11-14(20-4-9-22-10-5-20)12-16(19-15)23-8-3-18-13-1-6-21-7-2-13;1-7-3-2-4-8(5-7)6-9/h11-13,18H,1-10H2,(H2,17,19);2-6,9H,1H3. The van der Waals surface area contributed by atoms with Gasteiger partial charge in [-0.25, -0.2) is 0 Å². The SMILES string of the molecule is Cc1cccc(C=N)c1.Nc1cc(N2CCOCC2)cc(OCCNC2CCOCC2)n1. The summed E-state index contributed by atoms with van der Waals surface area (Å²) in [5.41, 5.74) is 9.13. The van der Waals surface area contributed by atoms with E-state index in [4.69, 9.17) is 25.4 Å². The first-order valence-electron chi connectivity index (χ1n) is 11.3. The minimum absolute atomic E-state index is 0.487. The Morgan fingerprint density at radius 1 is 1.16 bits per heavy atom. The molecule has 2 saturated heterocycles. The molecular formula is C24H35N5O3. The summed E-state index contributed by atoms with van der Waals surface area (Å²) < 4.78 is 16.5. The van der Waals surface area contributed by atoms with Gasteiger partial charge in [0, 0.05) is 62.9 Å². The van der Waals surface area contributed by atoms with E-state index in [0.29, 0.717) is 24.3 Å². The van der Waals surface area contributed by atoms with Gasteiger partial charge in [-0.2, -0.15) is 4.98 Å². The van der Waals surface area contributed by atoms with Crippen molar-refractivity contribution in [2.75, 3.05) is 63.3 Å². The van der Waals surface area contributed by atoms with E-state index >= 15 is 0 Å². The van der Waals surface area contributed by atoms with E-state index in [1.54, 1.807) is 0 Å². The summed E-state index contributed by atoms with van der Waals surface area (Å²) in [7, 11) is 0. The highest BCUT2D eigenvalue weighted by Gasteiger charge is 2.14. The molecule has 32 heavy (non-hydrogen) atoms. The highest BCUT2D eigenvalue weighted by atomic mass is 16.5. The number of hydrogen-bond acceptors (Lipinski definition) is 8. The van der Waals surface area contributed by atoms with Gasteiger partial charge in [-0.1, -0.05) is 29.8 Å². The Bertz CT molecular complexity index is 836. The molecule has 0 bridgehead atoms. The number of benzene rings is 1. The van der Waals surface area contributed by atoms with Crippen molar-refractivity contribution in [1.82, 2.24) is 10.3 Å². The van der Waals surface area contributed by atoms with Crippen LogP contribution in [-0.2, 0) is 9.47 Å². The van der Waals surface area contributed by atoms with E-state index in [-0.39, 0.29) is 0 Å². The maximum atomic E-state index is 6.92. The predicted octanol–water partition coefficient (Wildman–Crippen LogP) is 2.64. The lowest BCUT2D eigenvalue weighted by atomic mass is 10.1. The lowest BCUT2D eigenvalue weighted by Gasteiger charge is -2.29. The molecular weight excluding hydrogens is 406 g/mol. The summed E-state index contributed by atoms with van der Waals surface area (Å²) in [5.74, 6) is 1.07. The van der Waals surface area contributed by atoms with Crippen LogP contribution < -0.4 is 20.7 Å². The fourth-order valence-corrected chi connectivity index (χ4v) is 3.67. The van der Waals surface area contributed by atoms with E-state index in [1.807, 2.05) is 43.3 Å². The number of nitrogens with zero attached hydrogens (tertiary/aromatic N) is 2. The van der Waals surface area contributed by atoms with Crippen molar-refractivity contribution < 1.29 is 14.2 Å². The van der Waals surface area contributed by atoms with Crippen LogP contribution in [0.4, 0.5) is 11.5 Å². The van der Waals surface area contributed by atoms with Crippen LogP contribution in [0.1, 0.15) is 24.0 Å². The third-order valence-electron chi connectivity index (χ3n) is 5.40. The first-order valence-corrected chi connectivity index (χ1v) is 11.3. The highest BCUT2D eigenvalue weighted by molar-refractivity contribution is 5.76. The summed E-state index contributed by atoms with van der Waals surface area (Å²) in [6.07, 6.45) is 3.49. The number of nitrogen functional groups attached to an aromatic ring is 1. The first kappa shape index (κ1) is 24.0. The Balaban J connectivity index is 0.000000269. The maximum Gasteiger partial charge on any atom is 0.217 e. The average molecular weight is 442 g/mol. The van der Waals surface area contributed by atoms with E-state index in [0.717, 1.165) is 70.2 Å². The van der Waals surface area contributed by atoms with E-state index in [1.165, 1.54) is 11.8 Å². The molecule has 0 amide bonds. The monoisotopic (exact) mass is 441 g/mol. The first-order chi connectivity index (χ1) is 15.6. The van der Waals surface area contributed by atoms with Gasteiger partial charge in [-0.15, -0.1) is 0 Å². The Morgan fingerprint density at radius 2 is 1.91 bits per heavy atom. The van der Waals surface area contributed by atoms with E-state index < -0.39 is 0 Å². The smallest absolute Gasteiger partial charge is 0.217 e. The zero-order valence-corrected chi connectivity index (χ0v) is 18.9. The van der Waals surface area contributed by atoms with Gasteiger partial charge >= 0.3 is 0 Å². The molecule has 3 heterocycles. The van der Waals surface area contributed by atoms with Gasteiger partial charge in [0.15, 0.2) is 0 Å². The minimum atomic E-state index is 0.487. The Kier molecular flexibility index (Phi) is 9.74. The van der Waals surface area contributed by atoms with Crippen LogP contribution in [0.3, 0.4) is 0 Å². The van der Waals surface area contributed by atoms with Crippen molar-refractivity contribution in [3.05, 3.63) is 47.5 Å². The highest BCUT2D eigenvalue weighted by Crippen LogP contribution is 2.23. The third kappa shape index (κ3) is 8.11. The van der Waals surface area contributed by atoms with Gasteiger partial charge in [0.1, 0.15) is 12.4 Å². The second kappa shape index (κ2) is 13.0. The molecule has 4 rings (SSSR count). The van der Waals surface area contributed by atoms with Crippen LogP contribution in [0.5, 0.6) is 5.88 Å². The number of aryl methyl sites for hydroxylation is 1. The molecule has 8 nitrogen and oxygen atoms in total. The van der Waals surface area contributed by atoms with E-state index in [2.05, 4.69) is 15.2 Å². The molecule has 2 aromatic rings. The van der Waals surface area contributed by atoms with Crippen molar-refractivity contribution in [1.29, 1.82) is 5.41 Å². The largest absolute Gasteiger partial charge is 0.476 e. The topological polar surface area (TPSA) is 106 Å². The molecule has 2 aliphatic heterocycles. The zero-order valence-electron chi connectivity index (χ0n) is 18.9. The van der Waals surface area contributed by atoms with Crippen molar-refractivity contribution in [3.63, 3.8) is 0 Å². The summed E-state index contributed by atoms with van der Waals surface area (Å²) in [6.45, 7) is 8.32. The molecule has 4 N–H and O–H groups in total. The number of morpholine rings is 1. The van der Waals surface area contributed by atoms with Crippen molar-refractivity contribution in [3.8, 4) is 5.88 Å². The number of aromatic nitrogens is 1. The number of rotatable bonds is 7. The number of ether oxygens (including phenoxy) is 3. The normalized spacial score (nSPS) is 16.7. The van der Waals surface area contributed by atoms with Gasteiger partial charge in [0.2, 0.25) is 5.88 Å². The molecule has 0 spiro atoms. The Hall–Kier alpha value is -2.68. The molecule has 0 radical (unpaired) electrons. The Labute approximate surface area is 190 Å². The van der Waals surface area contributed by atoms with Crippen molar-refractivity contribution >= 4 is 17.7 Å². The number of nitrogens with one attached hydrogen (secondary N) is 2. The average Bonchev–Trinajstić information content (AvgIpc) is 2.83. The fourth-order valence-electron chi connectivity index (χ4n) is 3.67. The van der Waals surface area contributed by atoms with Gasteiger partial charge in [-0.3, -0.25) is 0 Å². The van der Waals surface area contributed by atoms with Crippen molar-refractivity contribution in [2.24, 2.45) is 0 Å². The van der Waals surface area contributed by atoms with Crippen molar-refractivity contribution in [2.45, 2.75) is 25.8 Å². The maximum absolute atomic E-state index is 6.92. The number of hydrogen-bond donors (Lipinski definition) is 3. The fraction of sp³-hybridized carbons (Fsp3) is 0.500. The van der Waals surface area contributed by atoms with Gasteiger partial charge in [0.05, 0.1) is 13.2 Å². The number of nitrogens with two attached hydrogens (primary N) is 1. The molecule has 2 aliphatic rings. The van der Waals surface area contributed by atoms with Gasteiger partial charge < -0.3 is 35.6 Å². The molecule has 0 aliphatic carbocycles. The zero-order chi connectivity index (χ0) is 22.6. The van der Waals surface area contributed by atoms with Crippen LogP contribution in [0, 0.1) is 12.3 Å². The van der Waals surface area contributed by atoms with Crippen LogP contribution >= 0.6 is 0 Å². The lowest BCUT2D eigenvalue weighted by molar-refractivity contribution is 0.0770. The predicted molar refractivity (Wildman–Crippen MR) is 128 cm³/mol. The molecule has 174 valence electrons. The second-order valence-electron chi connectivity index (χ2n) is 7.94. The molecule has 8 heteroatoms. The van der Waals surface area contributed by atoms with Crippen LogP contribution in [-0.4, -0.2) is 69.9 Å². The summed E-state index contributed by atoms with van der Waals surface area (Å²) in [5, 5.41) is 10.4. The van der Waals surface area contributed by atoms with Gasteiger partial charge in [-0.05, 0) is 25.3 Å². The summed E-state index contributed by atoms with van der Waals surface area (Å²) >= 11 is 0. The Morgan fingerprint density at radius 3 is 2.59 bits per heavy atom. The number of anilines is 2. The quantitative estimate of drug-likeness (QED) is 0.448. The lowest BCUT2D eigenvalue weighted by Crippen LogP contribution is -2.37. The summed E-state index contributed by atoms with van der Waals surface area (Å²) in [4.78, 5) is 6.51. The van der Waals surface area contributed by atoms with Gasteiger partial charge in [0.25, 0.3) is 0 Å². The van der Waals surface area contributed by atoms with E-state index in [9.17, 15) is 0 Å². The second-order valence-corrected chi connectivity index (χ2v) is 7.94. The van der Waals surface area contributed by atoms with Crippen LogP contribution in [0.2, 0.25) is 0 Å². The minimum Gasteiger partial charge on any atom is -0.476 e. The van der Waals surface area contributed by atoms with Crippen LogP contribution in [0.15, 0.2) is 36.4 Å². The molecule has 2 fully saturated rings.